The number of nitrogens with zero attached hydrogens (tertiary/aromatic N) is 5. The molecule has 0 amide bonds. The van der Waals surface area contributed by atoms with Gasteiger partial charge in [0.05, 0.1) is 30.7 Å². The number of nitrogens with one attached hydrogen (secondary N) is 1. The first-order valence-corrected chi connectivity index (χ1v) is 9.59. The molecule has 0 atom stereocenters. The highest BCUT2D eigenvalue weighted by Gasteiger charge is 2.18. The lowest BCUT2D eigenvalue weighted by Gasteiger charge is -2.27. The minimum atomic E-state index is 0.656. The van der Waals surface area contributed by atoms with Crippen LogP contribution >= 0.6 is 0 Å². The highest BCUT2D eigenvalue weighted by Crippen LogP contribution is 2.20. The summed E-state index contributed by atoms with van der Waals surface area (Å²) in [6, 6.07) is 17.5. The SMILES string of the molecule is c1ccc2cc(CN3CCn4nc(CNc5cnccn5)cc4C3)ccc2c1. The van der Waals surface area contributed by atoms with Crippen molar-refractivity contribution in [1.82, 2.24) is 24.6 Å². The van der Waals surface area contributed by atoms with Crippen LogP contribution in [0.5, 0.6) is 0 Å². The molecule has 2 aromatic heterocycles. The normalized spacial score (nSPS) is 14.1. The average molecular weight is 370 g/mol. The van der Waals surface area contributed by atoms with Gasteiger partial charge in [0.25, 0.3) is 0 Å². The van der Waals surface area contributed by atoms with Crippen LogP contribution in [0.2, 0.25) is 0 Å². The van der Waals surface area contributed by atoms with Gasteiger partial charge in [-0.1, -0.05) is 36.4 Å². The summed E-state index contributed by atoms with van der Waals surface area (Å²) in [6.45, 7) is 4.48. The Balaban J connectivity index is 1.25. The van der Waals surface area contributed by atoms with Crippen LogP contribution in [-0.4, -0.2) is 31.2 Å². The maximum Gasteiger partial charge on any atom is 0.144 e. The molecule has 0 bridgehead atoms. The first kappa shape index (κ1) is 16.9. The predicted octanol–water partition coefficient (Wildman–Crippen LogP) is 3.45. The van der Waals surface area contributed by atoms with E-state index in [9.17, 15) is 0 Å². The third kappa shape index (κ3) is 3.59. The summed E-state index contributed by atoms with van der Waals surface area (Å²) in [5, 5.41) is 10.6. The van der Waals surface area contributed by atoms with Crippen LogP contribution in [0.1, 0.15) is 17.0 Å². The second-order valence-corrected chi connectivity index (χ2v) is 7.19. The molecule has 1 N–H and O–H groups in total. The first-order valence-electron chi connectivity index (χ1n) is 9.59. The van der Waals surface area contributed by atoms with Gasteiger partial charge in [0.15, 0.2) is 0 Å². The zero-order valence-electron chi connectivity index (χ0n) is 15.6. The van der Waals surface area contributed by atoms with E-state index >= 15 is 0 Å². The predicted molar refractivity (Wildman–Crippen MR) is 110 cm³/mol. The number of rotatable bonds is 5. The Labute approximate surface area is 163 Å². The van der Waals surface area contributed by atoms with E-state index in [2.05, 4.69) is 73.4 Å². The molecule has 140 valence electrons. The third-order valence-electron chi connectivity index (χ3n) is 5.16. The number of benzene rings is 2. The van der Waals surface area contributed by atoms with Gasteiger partial charge < -0.3 is 5.32 Å². The summed E-state index contributed by atoms with van der Waals surface area (Å²) in [7, 11) is 0. The van der Waals surface area contributed by atoms with E-state index in [1.165, 1.54) is 22.0 Å². The maximum atomic E-state index is 4.73. The molecule has 0 aliphatic carbocycles. The monoisotopic (exact) mass is 370 g/mol. The average Bonchev–Trinajstić information content (AvgIpc) is 3.15. The highest BCUT2D eigenvalue weighted by atomic mass is 15.3. The van der Waals surface area contributed by atoms with E-state index in [0.717, 1.165) is 37.7 Å². The van der Waals surface area contributed by atoms with Crippen LogP contribution in [0.15, 0.2) is 67.1 Å². The van der Waals surface area contributed by atoms with Crippen LogP contribution in [0.25, 0.3) is 10.8 Å². The largest absolute Gasteiger partial charge is 0.363 e. The van der Waals surface area contributed by atoms with Crippen molar-refractivity contribution in [3.63, 3.8) is 0 Å². The maximum absolute atomic E-state index is 4.73. The van der Waals surface area contributed by atoms with Crippen molar-refractivity contribution in [3.05, 3.63) is 84.1 Å². The molecule has 1 aliphatic heterocycles. The van der Waals surface area contributed by atoms with E-state index in [-0.39, 0.29) is 0 Å². The summed E-state index contributed by atoms with van der Waals surface area (Å²) in [6.07, 6.45) is 5.08. The molecule has 4 aromatic rings. The summed E-state index contributed by atoms with van der Waals surface area (Å²) in [5.41, 5.74) is 3.66. The highest BCUT2D eigenvalue weighted by molar-refractivity contribution is 5.82. The van der Waals surface area contributed by atoms with Crippen molar-refractivity contribution in [2.75, 3.05) is 11.9 Å². The van der Waals surface area contributed by atoms with Crippen molar-refractivity contribution in [2.45, 2.75) is 26.2 Å². The molecular weight excluding hydrogens is 348 g/mol. The van der Waals surface area contributed by atoms with Gasteiger partial charge in [-0.25, -0.2) is 4.98 Å². The van der Waals surface area contributed by atoms with Crippen LogP contribution < -0.4 is 5.32 Å². The Bertz CT molecular complexity index is 1090. The topological polar surface area (TPSA) is 58.9 Å². The lowest BCUT2D eigenvalue weighted by molar-refractivity contribution is 0.205. The van der Waals surface area contributed by atoms with Crippen molar-refractivity contribution in [2.24, 2.45) is 0 Å². The van der Waals surface area contributed by atoms with Crippen molar-refractivity contribution < 1.29 is 0 Å². The number of aromatic nitrogens is 4. The molecule has 28 heavy (non-hydrogen) atoms. The second kappa shape index (κ2) is 7.40. The molecule has 5 rings (SSSR count). The van der Waals surface area contributed by atoms with Gasteiger partial charge in [-0.15, -0.1) is 0 Å². The van der Waals surface area contributed by atoms with Gasteiger partial charge in [0.2, 0.25) is 0 Å². The molecule has 0 saturated carbocycles. The van der Waals surface area contributed by atoms with Gasteiger partial charge in [-0.05, 0) is 28.5 Å². The quantitative estimate of drug-likeness (QED) is 0.583. The third-order valence-corrected chi connectivity index (χ3v) is 5.16. The van der Waals surface area contributed by atoms with E-state index in [0.29, 0.717) is 6.54 Å². The summed E-state index contributed by atoms with van der Waals surface area (Å²) >= 11 is 0. The summed E-state index contributed by atoms with van der Waals surface area (Å²) in [5.74, 6) is 0.770. The van der Waals surface area contributed by atoms with E-state index < -0.39 is 0 Å². The Kier molecular flexibility index (Phi) is 4.47. The Morgan fingerprint density at radius 3 is 2.79 bits per heavy atom. The van der Waals surface area contributed by atoms with Gasteiger partial charge >= 0.3 is 0 Å². The number of hydrogen-bond acceptors (Lipinski definition) is 5. The summed E-state index contributed by atoms with van der Waals surface area (Å²) in [4.78, 5) is 10.8. The number of hydrogen-bond donors (Lipinski definition) is 1. The molecule has 0 fully saturated rings. The molecule has 0 radical (unpaired) electrons. The number of anilines is 1. The number of fused-ring (bicyclic) bond motifs is 2. The van der Waals surface area contributed by atoms with E-state index in [4.69, 9.17) is 5.10 Å². The fraction of sp³-hybridized carbons (Fsp3) is 0.227. The molecular formula is C22H22N6. The Morgan fingerprint density at radius 1 is 0.964 bits per heavy atom. The molecule has 6 heteroatoms. The van der Waals surface area contributed by atoms with Gasteiger partial charge in [-0.2, -0.15) is 5.10 Å². The molecule has 1 aliphatic rings. The molecule has 6 nitrogen and oxygen atoms in total. The Hall–Kier alpha value is -3.25. The van der Waals surface area contributed by atoms with Crippen molar-refractivity contribution in [1.29, 1.82) is 0 Å². The Morgan fingerprint density at radius 2 is 1.89 bits per heavy atom. The van der Waals surface area contributed by atoms with Crippen LogP contribution in [0.4, 0.5) is 5.82 Å². The minimum Gasteiger partial charge on any atom is -0.363 e. The lowest BCUT2D eigenvalue weighted by Crippen LogP contribution is -2.33. The zero-order chi connectivity index (χ0) is 18.8. The van der Waals surface area contributed by atoms with Gasteiger partial charge in [0, 0.05) is 32.0 Å². The van der Waals surface area contributed by atoms with Gasteiger partial charge in [-0.3, -0.25) is 14.6 Å². The second-order valence-electron chi connectivity index (χ2n) is 7.19. The van der Waals surface area contributed by atoms with Crippen LogP contribution in [0, 0.1) is 0 Å². The molecule has 0 saturated heterocycles. The summed E-state index contributed by atoms with van der Waals surface area (Å²) < 4.78 is 2.13. The lowest BCUT2D eigenvalue weighted by atomic mass is 10.1. The fourth-order valence-electron chi connectivity index (χ4n) is 3.77. The molecule has 3 heterocycles. The van der Waals surface area contributed by atoms with Crippen LogP contribution in [-0.2, 0) is 26.2 Å². The fourth-order valence-corrected chi connectivity index (χ4v) is 3.77. The van der Waals surface area contributed by atoms with Crippen molar-refractivity contribution >= 4 is 16.6 Å². The van der Waals surface area contributed by atoms with E-state index in [1.54, 1.807) is 18.6 Å². The molecule has 2 aromatic carbocycles. The minimum absolute atomic E-state index is 0.656. The van der Waals surface area contributed by atoms with Crippen LogP contribution in [0.3, 0.4) is 0 Å². The zero-order valence-corrected chi connectivity index (χ0v) is 15.6. The van der Waals surface area contributed by atoms with Gasteiger partial charge in [0.1, 0.15) is 5.82 Å². The van der Waals surface area contributed by atoms with E-state index in [1.807, 2.05) is 0 Å². The molecule has 0 unspecified atom stereocenters. The first-order chi connectivity index (χ1) is 13.8. The van der Waals surface area contributed by atoms with Crippen molar-refractivity contribution in [3.8, 4) is 0 Å². The standard InChI is InChI=1S/C22H22N6/c1-2-4-19-11-17(5-6-18(19)3-1)15-27-9-10-28-21(16-27)12-20(26-28)13-25-22-14-23-7-8-24-22/h1-8,11-12,14H,9-10,13,15-16H2,(H,24,25). The molecule has 0 spiro atoms. The smallest absolute Gasteiger partial charge is 0.144 e.